The monoisotopic (exact) mass is 310 g/mol. The number of hydrogen-bond donors (Lipinski definition) is 0. The fraction of sp³-hybridized carbons (Fsp3) is 0.211. The van der Waals surface area contributed by atoms with Gasteiger partial charge in [0.25, 0.3) is 0 Å². The maximum Gasteiger partial charge on any atom is 0.165 e. The SMILES string of the molecule is CN(CCOc1ccccc1F)Cc1cccc2cccnc12. The van der Waals surface area contributed by atoms with Gasteiger partial charge in [-0.25, -0.2) is 4.39 Å². The van der Waals surface area contributed by atoms with Crippen LogP contribution < -0.4 is 4.74 Å². The standard InChI is InChI=1S/C19H19FN2O/c1-22(12-13-23-18-10-3-2-9-17(18)20)14-16-7-4-6-15-8-5-11-21-19(15)16/h2-11H,12-14H2,1H3. The molecule has 0 saturated heterocycles. The molecule has 1 heterocycles. The first kappa shape index (κ1) is 15.4. The lowest BCUT2D eigenvalue weighted by atomic mass is 10.1. The van der Waals surface area contributed by atoms with Gasteiger partial charge < -0.3 is 4.74 Å². The maximum atomic E-state index is 13.5. The van der Waals surface area contributed by atoms with Crippen molar-refractivity contribution in [2.24, 2.45) is 0 Å². The number of rotatable bonds is 6. The molecule has 2 aromatic carbocycles. The third-order valence-electron chi connectivity index (χ3n) is 3.72. The third kappa shape index (κ3) is 3.85. The summed E-state index contributed by atoms with van der Waals surface area (Å²) in [4.78, 5) is 6.61. The number of likely N-dealkylation sites (N-methyl/N-ethyl adjacent to an activating group) is 1. The van der Waals surface area contributed by atoms with Crippen LogP contribution in [0.15, 0.2) is 60.8 Å². The summed E-state index contributed by atoms with van der Waals surface area (Å²) in [6.45, 7) is 1.92. The first-order valence-corrected chi connectivity index (χ1v) is 7.62. The van der Waals surface area contributed by atoms with Gasteiger partial charge in [-0.05, 0) is 30.8 Å². The molecular formula is C19H19FN2O. The molecule has 118 valence electrons. The highest BCUT2D eigenvalue weighted by atomic mass is 19.1. The number of halogens is 1. The van der Waals surface area contributed by atoms with Crippen molar-refractivity contribution < 1.29 is 9.13 Å². The summed E-state index contributed by atoms with van der Waals surface area (Å²) in [7, 11) is 2.02. The van der Waals surface area contributed by atoms with Crippen LogP contribution in [0.5, 0.6) is 5.75 Å². The maximum absolute atomic E-state index is 13.5. The lowest BCUT2D eigenvalue weighted by molar-refractivity contribution is 0.227. The quantitative estimate of drug-likeness (QED) is 0.691. The lowest BCUT2D eigenvalue weighted by Gasteiger charge is -2.18. The number of hydrogen-bond acceptors (Lipinski definition) is 3. The highest BCUT2D eigenvalue weighted by Crippen LogP contribution is 2.18. The average Bonchev–Trinajstić information content (AvgIpc) is 2.57. The molecule has 3 rings (SSSR count). The van der Waals surface area contributed by atoms with Gasteiger partial charge in [0.1, 0.15) is 6.61 Å². The number of aromatic nitrogens is 1. The van der Waals surface area contributed by atoms with E-state index in [1.165, 1.54) is 11.6 Å². The van der Waals surface area contributed by atoms with Gasteiger partial charge in [0.2, 0.25) is 0 Å². The van der Waals surface area contributed by atoms with E-state index in [2.05, 4.69) is 28.1 Å². The van der Waals surface area contributed by atoms with Crippen LogP contribution >= 0.6 is 0 Å². The molecule has 0 aliphatic heterocycles. The summed E-state index contributed by atoms with van der Waals surface area (Å²) in [5.41, 5.74) is 2.20. The summed E-state index contributed by atoms with van der Waals surface area (Å²) >= 11 is 0. The molecule has 0 fully saturated rings. The van der Waals surface area contributed by atoms with E-state index in [-0.39, 0.29) is 5.82 Å². The molecule has 0 saturated carbocycles. The fourth-order valence-electron chi connectivity index (χ4n) is 2.54. The van der Waals surface area contributed by atoms with E-state index in [1.54, 1.807) is 18.2 Å². The van der Waals surface area contributed by atoms with Crippen LogP contribution in [0.1, 0.15) is 5.56 Å². The van der Waals surface area contributed by atoms with Crippen molar-refractivity contribution in [2.75, 3.05) is 20.2 Å². The summed E-state index contributed by atoms with van der Waals surface area (Å²) in [6.07, 6.45) is 1.81. The third-order valence-corrected chi connectivity index (χ3v) is 3.72. The number of ether oxygens (including phenoxy) is 1. The van der Waals surface area contributed by atoms with Crippen LogP contribution in [0.2, 0.25) is 0 Å². The van der Waals surface area contributed by atoms with Gasteiger partial charge in [-0.15, -0.1) is 0 Å². The molecule has 23 heavy (non-hydrogen) atoms. The van der Waals surface area contributed by atoms with Crippen molar-refractivity contribution in [2.45, 2.75) is 6.54 Å². The van der Waals surface area contributed by atoms with E-state index in [0.29, 0.717) is 18.9 Å². The van der Waals surface area contributed by atoms with E-state index in [9.17, 15) is 4.39 Å². The molecule has 0 N–H and O–H groups in total. The smallest absolute Gasteiger partial charge is 0.165 e. The highest BCUT2D eigenvalue weighted by molar-refractivity contribution is 5.81. The molecule has 0 aliphatic rings. The molecule has 0 amide bonds. The highest BCUT2D eigenvalue weighted by Gasteiger charge is 2.06. The van der Waals surface area contributed by atoms with E-state index < -0.39 is 0 Å². The Labute approximate surface area is 135 Å². The van der Waals surface area contributed by atoms with E-state index in [4.69, 9.17) is 4.74 Å². The Bertz CT molecular complexity index is 786. The first-order valence-electron chi connectivity index (χ1n) is 7.62. The van der Waals surface area contributed by atoms with Gasteiger partial charge in [-0.2, -0.15) is 0 Å². The Morgan fingerprint density at radius 1 is 1.04 bits per heavy atom. The Morgan fingerprint density at radius 3 is 2.74 bits per heavy atom. The van der Waals surface area contributed by atoms with Crippen molar-refractivity contribution in [3.05, 3.63) is 72.2 Å². The van der Waals surface area contributed by atoms with E-state index in [1.807, 2.05) is 25.4 Å². The number of nitrogens with zero attached hydrogens (tertiary/aromatic N) is 2. The second-order valence-corrected chi connectivity index (χ2v) is 5.51. The molecule has 0 aliphatic carbocycles. The van der Waals surface area contributed by atoms with Crippen molar-refractivity contribution in [3.63, 3.8) is 0 Å². The zero-order valence-electron chi connectivity index (χ0n) is 13.1. The normalized spacial score (nSPS) is 11.1. The van der Waals surface area contributed by atoms with Crippen molar-refractivity contribution >= 4 is 10.9 Å². The molecular weight excluding hydrogens is 291 g/mol. The Hall–Kier alpha value is -2.46. The van der Waals surface area contributed by atoms with Crippen LogP contribution in [-0.4, -0.2) is 30.1 Å². The van der Waals surface area contributed by atoms with Crippen LogP contribution in [0.4, 0.5) is 4.39 Å². The number of para-hydroxylation sites is 2. The summed E-state index contributed by atoms with van der Waals surface area (Å²) in [6, 6.07) is 16.7. The Morgan fingerprint density at radius 2 is 1.87 bits per heavy atom. The topological polar surface area (TPSA) is 25.4 Å². The number of fused-ring (bicyclic) bond motifs is 1. The van der Waals surface area contributed by atoms with Crippen molar-refractivity contribution in [1.29, 1.82) is 0 Å². The number of benzene rings is 2. The van der Waals surface area contributed by atoms with Crippen molar-refractivity contribution in [3.8, 4) is 5.75 Å². The fourth-order valence-corrected chi connectivity index (χ4v) is 2.54. The van der Waals surface area contributed by atoms with Crippen LogP contribution in [-0.2, 0) is 6.54 Å². The molecule has 0 unspecified atom stereocenters. The average molecular weight is 310 g/mol. The van der Waals surface area contributed by atoms with Crippen molar-refractivity contribution in [1.82, 2.24) is 9.88 Å². The second kappa shape index (κ2) is 7.20. The van der Waals surface area contributed by atoms with Gasteiger partial charge in [0.05, 0.1) is 5.52 Å². The minimum absolute atomic E-state index is 0.299. The molecule has 0 radical (unpaired) electrons. The molecule has 0 spiro atoms. The van der Waals surface area contributed by atoms with Gasteiger partial charge in [0, 0.05) is 24.7 Å². The first-order chi connectivity index (χ1) is 11.2. The molecule has 0 atom stereocenters. The van der Waals surface area contributed by atoms with E-state index in [0.717, 1.165) is 17.4 Å². The lowest BCUT2D eigenvalue weighted by Crippen LogP contribution is -2.24. The van der Waals surface area contributed by atoms with Crippen LogP contribution in [0.25, 0.3) is 10.9 Å². The largest absolute Gasteiger partial charge is 0.489 e. The van der Waals surface area contributed by atoms with E-state index >= 15 is 0 Å². The Balaban J connectivity index is 1.59. The summed E-state index contributed by atoms with van der Waals surface area (Å²) in [5, 5.41) is 1.14. The van der Waals surface area contributed by atoms with Gasteiger partial charge >= 0.3 is 0 Å². The zero-order chi connectivity index (χ0) is 16.1. The Kier molecular flexibility index (Phi) is 4.83. The molecule has 0 bridgehead atoms. The number of pyridine rings is 1. The zero-order valence-corrected chi connectivity index (χ0v) is 13.1. The minimum atomic E-state index is -0.326. The molecule has 3 aromatic rings. The van der Waals surface area contributed by atoms with Crippen LogP contribution in [0.3, 0.4) is 0 Å². The molecule has 1 aromatic heterocycles. The molecule has 4 heteroatoms. The second-order valence-electron chi connectivity index (χ2n) is 5.51. The van der Waals surface area contributed by atoms with Gasteiger partial charge in [0.15, 0.2) is 11.6 Å². The van der Waals surface area contributed by atoms with Crippen LogP contribution in [0, 0.1) is 5.82 Å². The van der Waals surface area contributed by atoms with Gasteiger partial charge in [-0.3, -0.25) is 9.88 Å². The molecule has 3 nitrogen and oxygen atoms in total. The minimum Gasteiger partial charge on any atom is -0.489 e. The van der Waals surface area contributed by atoms with Gasteiger partial charge in [-0.1, -0.05) is 36.4 Å². The predicted octanol–water partition coefficient (Wildman–Crippen LogP) is 3.88. The summed E-state index contributed by atoms with van der Waals surface area (Å²) in [5.74, 6) is -0.0267. The summed E-state index contributed by atoms with van der Waals surface area (Å²) < 4.78 is 19.0. The predicted molar refractivity (Wildman–Crippen MR) is 90.0 cm³/mol.